The van der Waals surface area contributed by atoms with Gasteiger partial charge < -0.3 is 24.1 Å². The Morgan fingerprint density at radius 1 is 1.06 bits per heavy atom. The van der Waals surface area contributed by atoms with E-state index in [2.05, 4.69) is 25.7 Å². The van der Waals surface area contributed by atoms with E-state index in [0.29, 0.717) is 5.92 Å². The molecule has 0 amide bonds. The molecule has 0 bridgehead atoms. The van der Waals surface area contributed by atoms with Gasteiger partial charge >= 0.3 is 0 Å². The van der Waals surface area contributed by atoms with Crippen molar-refractivity contribution in [3.8, 4) is 0 Å². The van der Waals surface area contributed by atoms with Crippen LogP contribution in [0.25, 0.3) is 0 Å². The minimum absolute atomic E-state index is 0.0739. The van der Waals surface area contributed by atoms with Crippen molar-refractivity contribution in [2.45, 2.75) is 115 Å². The number of fused-ring (bicyclic) bond motifs is 1. The Morgan fingerprint density at radius 2 is 1.81 bits per heavy atom. The van der Waals surface area contributed by atoms with Crippen molar-refractivity contribution in [2.24, 2.45) is 17.8 Å². The molecule has 2 aliphatic carbocycles. The number of rotatable bonds is 10. The minimum Gasteiger partial charge on any atom is -0.388 e. The van der Waals surface area contributed by atoms with Crippen molar-refractivity contribution < 1.29 is 24.1 Å². The molecule has 2 saturated heterocycles. The van der Waals surface area contributed by atoms with E-state index in [1.807, 2.05) is 0 Å². The summed E-state index contributed by atoms with van der Waals surface area (Å²) in [6.45, 7) is 7.97. The van der Waals surface area contributed by atoms with Crippen LogP contribution in [0.3, 0.4) is 0 Å². The second kappa shape index (κ2) is 12.1. The molecule has 2 aliphatic heterocycles. The summed E-state index contributed by atoms with van der Waals surface area (Å²) in [7, 11) is 0. The van der Waals surface area contributed by atoms with Gasteiger partial charge in [0.05, 0.1) is 18.3 Å². The smallest absolute Gasteiger partial charge is 0.158 e. The van der Waals surface area contributed by atoms with Crippen LogP contribution in [0.4, 0.5) is 0 Å². The highest BCUT2D eigenvalue weighted by atomic mass is 16.7. The topological polar surface area (TPSA) is 57.2 Å². The molecule has 5 heteroatoms. The van der Waals surface area contributed by atoms with Crippen LogP contribution in [-0.2, 0) is 18.9 Å². The summed E-state index contributed by atoms with van der Waals surface area (Å²) in [5, 5.41) is 10.7. The number of ether oxygens (including phenoxy) is 4. The lowest BCUT2D eigenvalue weighted by atomic mass is 9.90. The fourth-order valence-electron chi connectivity index (χ4n) is 6.04. The molecule has 0 aromatic carbocycles. The highest BCUT2D eigenvalue weighted by Gasteiger charge is 2.51. The third-order valence-electron chi connectivity index (χ3n) is 7.87. The number of aliphatic hydroxyl groups excluding tert-OH is 1. The first-order valence-corrected chi connectivity index (χ1v) is 13.2. The van der Waals surface area contributed by atoms with E-state index in [1.165, 1.54) is 32.1 Å². The summed E-state index contributed by atoms with van der Waals surface area (Å²) < 4.78 is 24.6. The van der Waals surface area contributed by atoms with E-state index < -0.39 is 6.10 Å². The molecule has 1 N–H and O–H groups in total. The molecule has 4 aliphatic rings. The first kappa shape index (κ1) is 24.4. The Bertz CT molecular complexity index is 607. The quantitative estimate of drug-likeness (QED) is 0.352. The monoisotopic (exact) mass is 448 g/mol. The van der Waals surface area contributed by atoms with Crippen LogP contribution in [0.1, 0.15) is 84.0 Å². The second-order valence-corrected chi connectivity index (χ2v) is 10.3. The van der Waals surface area contributed by atoms with Gasteiger partial charge in [0.2, 0.25) is 0 Å². The maximum atomic E-state index is 10.7. The first-order valence-electron chi connectivity index (χ1n) is 13.2. The summed E-state index contributed by atoms with van der Waals surface area (Å²) in [5.41, 5.74) is 0.983. The highest BCUT2D eigenvalue weighted by Crippen LogP contribution is 2.51. The molecule has 32 heavy (non-hydrogen) atoms. The molecule has 2 saturated carbocycles. The van der Waals surface area contributed by atoms with Gasteiger partial charge in [0, 0.05) is 19.1 Å². The van der Waals surface area contributed by atoms with Gasteiger partial charge in [-0.3, -0.25) is 0 Å². The van der Waals surface area contributed by atoms with Gasteiger partial charge in [-0.05, 0) is 75.2 Å². The molecule has 3 unspecified atom stereocenters. The maximum absolute atomic E-state index is 10.7. The normalized spacial score (nSPS) is 38.9. The Morgan fingerprint density at radius 3 is 2.50 bits per heavy atom. The van der Waals surface area contributed by atoms with Gasteiger partial charge in [0.15, 0.2) is 12.6 Å². The fraction of sp³-hybridized carbons (Fsp3) is 0.852. The maximum Gasteiger partial charge on any atom is 0.158 e. The van der Waals surface area contributed by atoms with Gasteiger partial charge in [0.25, 0.3) is 0 Å². The van der Waals surface area contributed by atoms with Crippen LogP contribution >= 0.6 is 0 Å². The molecular weight excluding hydrogens is 404 g/mol. The van der Waals surface area contributed by atoms with Crippen LogP contribution in [-0.4, -0.2) is 49.2 Å². The van der Waals surface area contributed by atoms with Gasteiger partial charge in [-0.15, -0.1) is 0 Å². The van der Waals surface area contributed by atoms with E-state index in [-0.39, 0.29) is 36.6 Å². The lowest BCUT2D eigenvalue weighted by molar-refractivity contribution is -0.193. The van der Waals surface area contributed by atoms with Gasteiger partial charge in [0.1, 0.15) is 0 Å². The second-order valence-electron chi connectivity index (χ2n) is 10.3. The molecule has 4 rings (SSSR count). The summed E-state index contributed by atoms with van der Waals surface area (Å²) >= 11 is 0. The molecule has 0 radical (unpaired) electrons. The van der Waals surface area contributed by atoms with E-state index in [4.69, 9.17) is 18.9 Å². The first-order chi connectivity index (χ1) is 15.7. The van der Waals surface area contributed by atoms with Gasteiger partial charge in [-0.25, -0.2) is 0 Å². The van der Waals surface area contributed by atoms with Gasteiger partial charge in [-0.2, -0.15) is 0 Å². The summed E-state index contributed by atoms with van der Waals surface area (Å²) in [4.78, 5) is 0. The van der Waals surface area contributed by atoms with E-state index in [1.54, 1.807) is 0 Å². The fourth-order valence-corrected chi connectivity index (χ4v) is 6.04. The van der Waals surface area contributed by atoms with Crippen molar-refractivity contribution in [1.82, 2.24) is 0 Å². The summed E-state index contributed by atoms with van der Waals surface area (Å²) in [5.74, 6) is 0.903. The number of unbranched alkanes of at least 4 members (excludes halogenated alkanes) is 2. The van der Waals surface area contributed by atoms with Crippen molar-refractivity contribution in [2.75, 3.05) is 13.2 Å². The largest absolute Gasteiger partial charge is 0.388 e. The van der Waals surface area contributed by atoms with Crippen molar-refractivity contribution in [3.63, 3.8) is 0 Å². The summed E-state index contributed by atoms with van der Waals surface area (Å²) in [6, 6.07) is 0. The molecule has 8 atom stereocenters. The van der Waals surface area contributed by atoms with Crippen molar-refractivity contribution >= 4 is 0 Å². The molecule has 0 aromatic rings. The molecule has 0 spiro atoms. The lowest BCUT2D eigenvalue weighted by Gasteiger charge is -2.30. The van der Waals surface area contributed by atoms with Crippen LogP contribution in [0.15, 0.2) is 24.3 Å². The van der Waals surface area contributed by atoms with Crippen molar-refractivity contribution in [3.05, 3.63) is 24.3 Å². The average Bonchev–Trinajstić information content (AvgIpc) is 3.28. The molecular formula is C27H44O5. The predicted octanol–water partition coefficient (Wildman–Crippen LogP) is 5.52. The molecule has 2 heterocycles. The van der Waals surface area contributed by atoms with Crippen LogP contribution in [0, 0.1) is 17.8 Å². The molecule has 182 valence electrons. The third kappa shape index (κ3) is 6.24. The molecule has 5 nitrogen and oxygen atoms in total. The standard InChI is InChI=1S/C27H44O5/c1-3-4-5-10-20(31-25-11-6-8-15-29-25)13-14-21-22-17-19(2)27(28)23(22)18-24(21)32-26-12-7-9-16-30-26/h13-14,20-28H,2-12,15-18H2,1H3/b14-13+/t20-,21-,22+,23-,24+,25?,26?,27?/m0/s1. The van der Waals surface area contributed by atoms with Crippen molar-refractivity contribution in [1.29, 1.82) is 0 Å². The number of hydrogen-bond acceptors (Lipinski definition) is 5. The zero-order valence-electron chi connectivity index (χ0n) is 20.0. The summed E-state index contributed by atoms with van der Waals surface area (Å²) in [6.07, 6.45) is 17.2. The zero-order valence-corrected chi connectivity index (χ0v) is 20.0. The third-order valence-corrected chi connectivity index (χ3v) is 7.87. The van der Waals surface area contributed by atoms with E-state index >= 15 is 0 Å². The Balaban J connectivity index is 1.44. The Labute approximate surface area is 194 Å². The predicted molar refractivity (Wildman–Crippen MR) is 125 cm³/mol. The van der Waals surface area contributed by atoms with E-state index in [0.717, 1.165) is 63.7 Å². The number of hydrogen-bond donors (Lipinski definition) is 1. The average molecular weight is 449 g/mol. The lowest BCUT2D eigenvalue weighted by Crippen LogP contribution is -2.31. The zero-order chi connectivity index (χ0) is 22.3. The molecule has 4 fully saturated rings. The highest BCUT2D eigenvalue weighted by molar-refractivity contribution is 5.20. The SMILES string of the molecule is C=C1C[C@@H]2[C@H](/C=C/[C@H](CCCCC)OC3CCCCO3)[C@H](OC3CCCCO3)C[C@@H]2C1O. The molecule has 0 aromatic heterocycles. The van der Waals surface area contributed by atoms with Crippen LogP contribution in [0.2, 0.25) is 0 Å². The van der Waals surface area contributed by atoms with Gasteiger partial charge in [-0.1, -0.05) is 44.9 Å². The Hall–Kier alpha value is -0.720. The van der Waals surface area contributed by atoms with E-state index in [9.17, 15) is 5.11 Å². The van der Waals surface area contributed by atoms with Crippen LogP contribution < -0.4 is 0 Å². The Kier molecular flexibility index (Phi) is 9.24. The van der Waals surface area contributed by atoms with Crippen LogP contribution in [0.5, 0.6) is 0 Å². The number of aliphatic hydroxyl groups is 1. The minimum atomic E-state index is -0.399.